The molecule has 0 aliphatic rings. The van der Waals surface area contributed by atoms with Gasteiger partial charge in [-0.25, -0.2) is 4.98 Å². The van der Waals surface area contributed by atoms with Crippen LogP contribution in [0.3, 0.4) is 0 Å². The van der Waals surface area contributed by atoms with Crippen LogP contribution in [0.2, 0.25) is 0 Å². The van der Waals surface area contributed by atoms with Crippen molar-refractivity contribution in [3.63, 3.8) is 0 Å². The topological polar surface area (TPSA) is 66.0 Å². The summed E-state index contributed by atoms with van der Waals surface area (Å²) in [6.07, 6.45) is 2.03. The van der Waals surface area contributed by atoms with E-state index in [4.69, 9.17) is 20.9 Å². The van der Waals surface area contributed by atoms with Gasteiger partial charge in [-0.1, -0.05) is 5.16 Å². The third-order valence-corrected chi connectivity index (χ3v) is 3.35. The van der Waals surface area contributed by atoms with Gasteiger partial charge in [-0.15, -0.1) is 11.6 Å². The molecule has 1 aromatic carbocycles. The molecule has 3 rings (SSSR count). The van der Waals surface area contributed by atoms with E-state index in [2.05, 4.69) is 19.7 Å². The number of hydrogen-bond donors (Lipinski definition) is 0. The number of benzene rings is 1. The Morgan fingerprint density at radius 3 is 3.00 bits per heavy atom. The van der Waals surface area contributed by atoms with Crippen molar-refractivity contribution in [3.8, 4) is 5.75 Å². The van der Waals surface area contributed by atoms with E-state index in [-0.39, 0.29) is 0 Å². The zero-order chi connectivity index (χ0) is 13.9. The molecule has 0 amide bonds. The van der Waals surface area contributed by atoms with Gasteiger partial charge in [-0.05, 0) is 12.1 Å². The van der Waals surface area contributed by atoms with Crippen LogP contribution in [0.15, 0.2) is 29.0 Å². The number of alkyl halides is 1. The van der Waals surface area contributed by atoms with Crippen LogP contribution in [-0.4, -0.2) is 26.8 Å². The molecule has 0 fully saturated rings. The van der Waals surface area contributed by atoms with Crippen LogP contribution in [0.4, 0.5) is 0 Å². The highest BCUT2D eigenvalue weighted by molar-refractivity contribution is 6.16. The van der Waals surface area contributed by atoms with Gasteiger partial charge in [-0.3, -0.25) is 0 Å². The van der Waals surface area contributed by atoms with E-state index in [9.17, 15) is 0 Å². The molecule has 0 saturated carbocycles. The van der Waals surface area contributed by atoms with Gasteiger partial charge in [0.05, 0.1) is 24.0 Å². The van der Waals surface area contributed by atoms with Gasteiger partial charge < -0.3 is 13.8 Å². The van der Waals surface area contributed by atoms with Gasteiger partial charge in [0.1, 0.15) is 11.6 Å². The standard InChI is InChI=1S/C13H13ClN4O2/c1-19-9-2-3-10-11(6-9)18(12(7-14)17-10)5-4-13-15-8-16-20-13/h2-3,6,8H,4-5,7H2,1H3. The van der Waals surface area contributed by atoms with Crippen LogP contribution in [-0.2, 0) is 18.8 Å². The van der Waals surface area contributed by atoms with Crippen LogP contribution < -0.4 is 4.74 Å². The zero-order valence-electron chi connectivity index (χ0n) is 10.9. The van der Waals surface area contributed by atoms with E-state index in [1.165, 1.54) is 6.33 Å². The Hall–Kier alpha value is -2.08. The van der Waals surface area contributed by atoms with Crippen molar-refractivity contribution in [2.24, 2.45) is 0 Å². The molecular weight excluding hydrogens is 280 g/mol. The number of halogens is 1. The second kappa shape index (κ2) is 5.50. The Kier molecular flexibility index (Phi) is 3.56. The fourth-order valence-corrected chi connectivity index (χ4v) is 2.35. The molecule has 0 radical (unpaired) electrons. The highest BCUT2D eigenvalue weighted by Crippen LogP contribution is 2.23. The fraction of sp³-hybridized carbons (Fsp3) is 0.308. The van der Waals surface area contributed by atoms with Crippen molar-refractivity contribution in [1.29, 1.82) is 0 Å². The lowest BCUT2D eigenvalue weighted by Gasteiger charge is -2.06. The number of aromatic nitrogens is 4. The Bertz CT molecular complexity index is 709. The molecule has 0 aliphatic heterocycles. The Balaban J connectivity index is 1.97. The summed E-state index contributed by atoms with van der Waals surface area (Å²) in [6.45, 7) is 0.675. The van der Waals surface area contributed by atoms with Crippen LogP contribution in [0.25, 0.3) is 11.0 Å². The van der Waals surface area contributed by atoms with Crippen molar-refractivity contribution < 1.29 is 9.26 Å². The van der Waals surface area contributed by atoms with Gasteiger partial charge in [0.15, 0.2) is 6.33 Å². The van der Waals surface area contributed by atoms with Crippen molar-refractivity contribution in [1.82, 2.24) is 19.7 Å². The minimum absolute atomic E-state index is 0.348. The van der Waals surface area contributed by atoms with Crippen molar-refractivity contribution in [2.45, 2.75) is 18.8 Å². The minimum atomic E-state index is 0.348. The predicted octanol–water partition coefficient (Wildman–Crippen LogP) is 2.41. The molecule has 0 unspecified atom stereocenters. The van der Waals surface area contributed by atoms with Crippen molar-refractivity contribution >= 4 is 22.6 Å². The highest BCUT2D eigenvalue weighted by atomic mass is 35.5. The lowest BCUT2D eigenvalue weighted by molar-refractivity contribution is 0.371. The number of hydrogen-bond acceptors (Lipinski definition) is 5. The lowest BCUT2D eigenvalue weighted by atomic mass is 10.3. The average Bonchev–Trinajstić information content (AvgIpc) is 3.11. The molecule has 0 aliphatic carbocycles. The van der Waals surface area contributed by atoms with Gasteiger partial charge in [0, 0.05) is 19.0 Å². The minimum Gasteiger partial charge on any atom is -0.497 e. The maximum Gasteiger partial charge on any atom is 0.228 e. The van der Waals surface area contributed by atoms with E-state index < -0.39 is 0 Å². The number of imidazole rings is 1. The van der Waals surface area contributed by atoms with Crippen molar-refractivity contribution in [3.05, 3.63) is 36.2 Å². The number of aryl methyl sites for hydroxylation is 2. The molecule has 0 bridgehead atoms. The molecule has 0 spiro atoms. The molecule has 6 nitrogen and oxygen atoms in total. The van der Waals surface area contributed by atoms with Gasteiger partial charge >= 0.3 is 0 Å². The molecular formula is C13H13ClN4O2. The molecule has 0 atom stereocenters. The molecule has 7 heteroatoms. The summed E-state index contributed by atoms with van der Waals surface area (Å²) in [4.78, 5) is 8.53. The normalized spacial score (nSPS) is 11.1. The average molecular weight is 293 g/mol. The van der Waals surface area contributed by atoms with Crippen LogP contribution in [0, 0.1) is 0 Å². The second-order valence-corrected chi connectivity index (χ2v) is 4.52. The molecule has 3 aromatic rings. The first-order chi connectivity index (χ1) is 9.81. The van der Waals surface area contributed by atoms with E-state index in [0.717, 1.165) is 22.6 Å². The summed E-state index contributed by atoms with van der Waals surface area (Å²) in [5.74, 6) is 2.54. The SMILES string of the molecule is COc1ccc2nc(CCl)n(CCc3ncno3)c2c1. The van der Waals surface area contributed by atoms with E-state index >= 15 is 0 Å². The summed E-state index contributed by atoms with van der Waals surface area (Å²) in [7, 11) is 1.64. The lowest BCUT2D eigenvalue weighted by Crippen LogP contribution is -2.05. The summed E-state index contributed by atoms with van der Waals surface area (Å²) in [6, 6.07) is 5.76. The van der Waals surface area contributed by atoms with Gasteiger partial charge in [0.2, 0.25) is 5.89 Å². The zero-order valence-corrected chi connectivity index (χ0v) is 11.7. The number of ether oxygens (including phenoxy) is 1. The molecule has 20 heavy (non-hydrogen) atoms. The summed E-state index contributed by atoms with van der Waals surface area (Å²) >= 11 is 5.97. The molecule has 0 saturated heterocycles. The summed E-state index contributed by atoms with van der Waals surface area (Å²) in [5, 5.41) is 3.60. The number of fused-ring (bicyclic) bond motifs is 1. The Labute approximate surface area is 120 Å². The maximum absolute atomic E-state index is 5.97. The maximum atomic E-state index is 5.97. The third-order valence-electron chi connectivity index (χ3n) is 3.11. The first-order valence-corrected chi connectivity index (χ1v) is 6.70. The number of methoxy groups -OCH3 is 1. The Morgan fingerprint density at radius 1 is 1.40 bits per heavy atom. The first kappa shape index (κ1) is 12.9. The van der Waals surface area contributed by atoms with Crippen LogP contribution in [0.5, 0.6) is 5.75 Å². The second-order valence-electron chi connectivity index (χ2n) is 4.25. The first-order valence-electron chi connectivity index (χ1n) is 6.16. The van der Waals surface area contributed by atoms with E-state index in [1.807, 2.05) is 18.2 Å². The monoisotopic (exact) mass is 292 g/mol. The fourth-order valence-electron chi connectivity index (χ4n) is 2.14. The molecule has 2 aromatic heterocycles. The molecule has 104 valence electrons. The van der Waals surface area contributed by atoms with Crippen LogP contribution in [0.1, 0.15) is 11.7 Å². The quantitative estimate of drug-likeness (QED) is 0.676. The van der Waals surface area contributed by atoms with Gasteiger partial charge in [0.25, 0.3) is 0 Å². The van der Waals surface area contributed by atoms with Gasteiger partial charge in [-0.2, -0.15) is 4.98 Å². The number of rotatable bonds is 5. The van der Waals surface area contributed by atoms with E-state index in [1.54, 1.807) is 7.11 Å². The molecule has 0 N–H and O–H groups in total. The molecule has 2 heterocycles. The highest BCUT2D eigenvalue weighted by Gasteiger charge is 2.12. The Morgan fingerprint density at radius 2 is 2.30 bits per heavy atom. The third kappa shape index (κ3) is 2.34. The summed E-state index contributed by atoms with van der Waals surface area (Å²) < 4.78 is 12.3. The smallest absolute Gasteiger partial charge is 0.228 e. The van der Waals surface area contributed by atoms with E-state index in [0.29, 0.717) is 24.7 Å². The number of nitrogens with zero attached hydrogens (tertiary/aromatic N) is 4. The predicted molar refractivity (Wildman–Crippen MR) is 73.8 cm³/mol. The van der Waals surface area contributed by atoms with Crippen molar-refractivity contribution in [2.75, 3.05) is 7.11 Å². The summed E-state index contributed by atoms with van der Waals surface area (Å²) in [5.41, 5.74) is 1.88. The largest absolute Gasteiger partial charge is 0.497 e. The van der Waals surface area contributed by atoms with Crippen LogP contribution >= 0.6 is 11.6 Å².